The summed E-state index contributed by atoms with van der Waals surface area (Å²) in [4.78, 5) is 26.5. The first kappa shape index (κ1) is 14.3. The molecule has 20 heavy (non-hydrogen) atoms. The number of aromatic nitrogens is 1. The Balaban J connectivity index is 1.97. The van der Waals surface area contributed by atoms with Crippen LogP contribution >= 0.6 is 0 Å². The lowest BCUT2D eigenvalue weighted by Gasteiger charge is -2.34. The number of nitrogens with one attached hydrogen (secondary N) is 2. The lowest BCUT2D eigenvalue weighted by atomic mass is 9.93. The Morgan fingerprint density at radius 3 is 2.70 bits per heavy atom. The fraction of sp³-hybridized carbons (Fsp3) is 0.462. The minimum absolute atomic E-state index is 0.0279. The SMILES string of the molecule is CC1(NC(=O)Nc2cncc(C(=O)O)c2)CCOCC1. The molecule has 7 heteroatoms. The van der Waals surface area contributed by atoms with E-state index in [1.807, 2.05) is 6.92 Å². The molecular formula is C13H17N3O4. The van der Waals surface area contributed by atoms with Crippen molar-refractivity contribution >= 4 is 17.7 Å². The van der Waals surface area contributed by atoms with E-state index in [2.05, 4.69) is 15.6 Å². The number of nitrogens with zero attached hydrogens (tertiary/aromatic N) is 1. The zero-order valence-corrected chi connectivity index (χ0v) is 11.2. The fourth-order valence-electron chi connectivity index (χ4n) is 2.01. The van der Waals surface area contributed by atoms with Crippen molar-refractivity contribution < 1.29 is 19.4 Å². The van der Waals surface area contributed by atoms with E-state index >= 15 is 0 Å². The molecule has 1 aliphatic rings. The normalized spacial score (nSPS) is 17.2. The molecule has 3 N–H and O–H groups in total. The highest BCUT2D eigenvalue weighted by Gasteiger charge is 2.28. The Labute approximate surface area is 116 Å². The molecule has 0 aromatic carbocycles. The number of anilines is 1. The molecule has 0 spiro atoms. The predicted molar refractivity (Wildman–Crippen MR) is 71.8 cm³/mol. The molecule has 0 unspecified atom stereocenters. The molecule has 1 saturated heterocycles. The van der Waals surface area contributed by atoms with E-state index in [-0.39, 0.29) is 17.1 Å². The van der Waals surface area contributed by atoms with Crippen molar-refractivity contribution in [2.75, 3.05) is 18.5 Å². The molecule has 0 atom stereocenters. The standard InChI is InChI=1S/C13H17N3O4/c1-13(2-4-20-5-3-13)16-12(19)15-10-6-9(11(17)18)7-14-8-10/h6-8H,2-5H2,1H3,(H,17,18)(H2,15,16,19). The number of hydrogen-bond donors (Lipinski definition) is 3. The summed E-state index contributed by atoms with van der Waals surface area (Å²) in [5.41, 5.74) is 0.0679. The lowest BCUT2D eigenvalue weighted by Crippen LogP contribution is -2.51. The van der Waals surface area contributed by atoms with Crippen LogP contribution in [0.1, 0.15) is 30.1 Å². The zero-order chi connectivity index (χ0) is 14.6. The first-order valence-corrected chi connectivity index (χ1v) is 6.34. The van der Waals surface area contributed by atoms with Crippen LogP contribution in [0.25, 0.3) is 0 Å². The number of carbonyl (C=O) groups excluding carboxylic acids is 1. The summed E-state index contributed by atoms with van der Waals surface area (Å²) in [6, 6.07) is 0.986. The van der Waals surface area contributed by atoms with Crippen molar-refractivity contribution in [1.82, 2.24) is 10.3 Å². The summed E-state index contributed by atoms with van der Waals surface area (Å²) in [6.45, 7) is 3.20. The van der Waals surface area contributed by atoms with Crippen molar-refractivity contribution in [2.24, 2.45) is 0 Å². The van der Waals surface area contributed by atoms with Crippen LogP contribution in [-0.2, 0) is 4.74 Å². The van der Waals surface area contributed by atoms with Gasteiger partial charge in [-0.2, -0.15) is 0 Å². The highest BCUT2D eigenvalue weighted by atomic mass is 16.5. The first-order valence-electron chi connectivity index (χ1n) is 6.34. The number of carbonyl (C=O) groups is 2. The first-order chi connectivity index (χ1) is 9.48. The van der Waals surface area contributed by atoms with Crippen LogP contribution in [0.5, 0.6) is 0 Å². The second-order valence-corrected chi connectivity index (χ2v) is 5.02. The summed E-state index contributed by atoms with van der Waals surface area (Å²) < 4.78 is 5.26. The van der Waals surface area contributed by atoms with Gasteiger partial charge in [0.1, 0.15) is 0 Å². The topological polar surface area (TPSA) is 101 Å². The van der Waals surface area contributed by atoms with Gasteiger partial charge < -0.3 is 20.5 Å². The van der Waals surface area contributed by atoms with Crippen LogP contribution in [0.4, 0.5) is 10.5 Å². The Kier molecular flexibility index (Phi) is 4.19. The number of carboxylic acid groups (broad SMARTS) is 1. The molecule has 1 aliphatic heterocycles. The predicted octanol–water partition coefficient (Wildman–Crippen LogP) is 1.47. The van der Waals surface area contributed by atoms with Gasteiger partial charge in [-0.05, 0) is 25.8 Å². The summed E-state index contributed by atoms with van der Waals surface area (Å²) in [6.07, 6.45) is 4.12. The van der Waals surface area contributed by atoms with E-state index in [0.29, 0.717) is 18.9 Å². The van der Waals surface area contributed by atoms with Crippen LogP contribution in [0, 0.1) is 0 Å². The molecule has 1 aromatic heterocycles. The molecule has 0 saturated carbocycles. The molecular weight excluding hydrogens is 262 g/mol. The lowest BCUT2D eigenvalue weighted by molar-refractivity contribution is 0.0499. The Hall–Kier alpha value is -2.15. The number of ether oxygens (including phenoxy) is 1. The van der Waals surface area contributed by atoms with E-state index in [4.69, 9.17) is 9.84 Å². The maximum atomic E-state index is 11.9. The van der Waals surface area contributed by atoms with Crippen molar-refractivity contribution in [1.29, 1.82) is 0 Å². The average Bonchev–Trinajstić information content (AvgIpc) is 2.39. The zero-order valence-electron chi connectivity index (χ0n) is 11.2. The summed E-state index contributed by atoms with van der Waals surface area (Å²) in [7, 11) is 0. The van der Waals surface area contributed by atoms with Crippen LogP contribution < -0.4 is 10.6 Å². The van der Waals surface area contributed by atoms with Gasteiger partial charge >= 0.3 is 12.0 Å². The molecule has 2 heterocycles. The maximum absolute atomic E-state index is 11.9. The molecule has 2 amide bonds. The molecule has 1 fully saturated rings. The highest BCUT2D eigenvalue weighted by molar-refractivity contribution is 5.92. The van der Waals surface area contributed by atoms with Crippen molar-refractivity contribution in [2.45, 2.75) is 25.3 Å². The average molecular weight is 279 g/mol. The van der Waals surface area contributed by atoms with E-state index < -0.39 is 5.97 Å². The number of urea groups is 1. The number of rotatable bonds is 3. The van der Waals surface area contributed by atoms with Gasteiger partial charge in [0.15, 0.2) is 0 Å². The van der Waals surface area contributed by atoms with Crippen LogP contribution in [0.15, 0.2) is 18.5 Å². The molecule has 0 radical (unpaired) electrons. The monoisotopic (exact) mass is 279 g/mol. The second-order valence-electron chi connectivity index (χ2n) is 5.02. The number of aromatic carboxylic acids is 1. The van der Waals surface area contributed by atoms with Crippen LogP contribution in [0.2, 0.25) is 0 Å². The third-order valence-corrected chi connectivity index (χ3v) is 3.25. The number of hydrogen-bond acceptors (Lipinski definition) is 4. The molecule has 0 aliphatic carbocycles. The van der Waals surface area contributed by atoms with Gasteiger partial charge in [-0.15, -0.1) is 0 Å². The second kappa shape index (κ2) is 5.87. The molecule has 2 rings (SSSR count). The molecule has 7 nitrogen and oxygen atoms in total. The van der Waals surface area contributed by atoms with Gasteiger partial charge in [-0.1, -0.05) is 0 Å². The Morgan fingerprint density at radius 2 is 2.05 bits per heavy atom. The highest BCUT2D eigenvalue weighted by Crippen LogP contribution is 2.20. The largest absolute Gasteiger partial charge is 0.478 e. The number of pyridine rings is 1. The Bertz CT molecular complexity index is 512. The third-order valence-electron chi connectivity index (χ3n) is 3.25. The van der Waals surface area contributed by atoms with Gasteiger partial charge in [0.05, 0.1) is 17.4 Å². The van der Waals surface area contributed by atoms with Crippen molar-refractivity contribution in [3.05, 3.63) is 24.0 Å². The van der Waals surface area contributed by atoms with E-state index in [9.17, 15) is 9.59 Å². The van der Waals surface area contributed by atoms with Gasteiger partial charge in [0.25, 0.3) is 0 Å². The van der Waals surface area contributed by atoms with Crippen molar-refractivity contribution in [3.63, 3.8) is 0 Å². The summed E-state index contributed by atoms with van der Waals surface area (Å²) in [5.74, 6) is -1.09. The van der Waals surface area contributed by atoms with Gasteiger partial charge in [-0.25, -0.2) is 9.59 Å². The van der Waals surface area contributed by atoms with E-state index in [1.54, 1.807) is 0 Å². The van der Waals surface area contributed by atoms with E-state index in [0.717, 1.165) is 12.8 Å². The Morgan fingerprint density at radius 1 is 1.35 bits per heavy atom. The molecule has 1 aromatic rings. The smallest absolute Gasteiger partial charge is 0.337 e. The minimum Gasteiger partial charge on any atom is -0.478 e. The van der Waals surface area contributed by atoms with Crippen molar-refractivity contribution in [3.8, 4) is 0 Å². The maximum Gasteiger partial charge on any atom is 0.337 e. The number of carboxylic acids is 1. The summed E-state index contributed by atoms with van der Waals surface area (Å²) in [5, 5.41) is 14.3. The summed E-state index contributed by atoms with van der Waals surface area (Å²) >= 11 is 0. The van der Waals surface area contributed by atoms with Gasteiger partial charge in [-0.3, -0.25) is 4.98 Å². The number of amides is 2. The minimum atomic E-state index is -1.09. The van der Waals surface area contributed by atoms with E-state index in [1.165, 1.54) is 18.5 Å². The fourth-order valence-corrected chi connectivity index (χ4v) is 2.01. The molecule has 108 valence electrons. The van der Waals surface area contributed by atoms with Gasteiger partial charge in [0, 0.05) is 24.9 Å². The quantitative estimate of drug-likeness (QED) is 0.778. The van der Waals surface area contributed by atoms with Crippen LogP contribution in [-0.4, -0.2) is 40.8 Å². The third kappa shape index (κ3) is 3.67. The van der Waals surface area contributed by atoms with Crippen LogP contribution in [0.3, 0.4) is 0 Å². The molecule has 0 bridgehead atoms. The van der Waals surface area contributed by atoms with Gasteiger partial charge in [0.2, 0.25) is 0 Å².